The van der Waals surface area contributed by atoms with E-state index in [1.54, 1.807) is 6.07 Å². The third kappa shape index (κ3) is 3.41. The molecule has 3 rings (SSSR count). The second-order valence-corrected chi connectivity index (χ2v) is 5.25. The lowest BCUT2D eigenvalue weighted by Crippen LogP contribution is -2.01. The molecule has 0 aliphatic heterocycles. The SMILES string of the molecule is CCCc1noc(COc2ccc3c(CC)cc(=O)oc3c2)n1. The maximum Gasteiger partial charge on any atom is 0.336 e. The molecule has 0 aliphatic rings. The zero-order valence-electron chi connectivity index (χ0n) is 13.2. The van der Waals surface area contributed by atoms with Crippen LogP contribution < -0.4 is 10.4 Å². The number of hydrogen-bond donors (Lipinski definition) is 0. The molecule has 2 heterocycles. The highest BCUT2D eigenvalue weighted by molar-refractivity contribution is 5.81. The largest absolute Gasteiger partial charge is 0.484 e. The average Bonchev–Trinajstić information content (AvgIpc) is 2.99. The minimum atomic E-state index is -0.354. The zero-order valence-corrected chi connectivity index (χ0v) is 13.2. The van der Waals surface area contributed by atoms with Gasteiger partial charge in [0.05, 0.1) is 0 Å². The summed E-state index contributed by atoms with van der Waals surface area (Å²) in [5, 5.41) is 4.80. The summed E-state index contributed by atoms with van der Waals surface area (Å²) in [4.78, 5) is 15.8. The maximum atomic E-state index is 11.6. The molecule has 0 saturated carbocycles. The molecule has 23 heavy (non-hydrogen) atoms. The molecule has 6 heteroatoms. The van der Waals surface area contributed by atoms with Crippen LogP contribution in [0.1, 0.15) is 37.5 Å². The van der Waals surface area contributed by atoms with Crippen LogP contribution in [0.3, 0.4) is 0 Å². The Bertz CT molecular complexity index is 866. The predicted octanol–water partition coefficient (Wildman–Crippen LogP) is 3.27. The molecule has 0 radical (unpaired) electrons. The van der Waals surface area contributed by atoms with Crippen molar-refractivity contribution in [2.24, 2.45) is 0 Å². The van der Waals surface area contributed by atoms with Crippen molar-refractivity contribution in [2.45, 2.75) is 39.7 Å². The van der Waals surface area contributed by atoms with Crippen LogP contribution in [-0.4, -0.2) is 10.1 Å². The summed E-state index contributed by atoms with van der Waals surface area (Å²) in [5.74, 6) is 1.70. The van der Waals surface area contributed by atoms with Gasteiger partial charge in [0.25, 0.3) is 5.89 Å². The number of aromatic nitrogens is 2. The van der Waals surface area contributed by atoms with Gasteiger partial charge in [-0.15, -0.1) is 0 Å². The van der Waals surface area contributed by atoms with E-state index in [-0.39, 0.29) is 12.2 Å². The molecule has 0 saturated heterocycles. The van der Waals surface area contributed by atoms with Crippen molar-refractivity contribution in [3.8, 4) is 5.75 Å². The van der Waals surface area contributed by atoms with E-state index in [1.165, 1.54) is 6.07 Å². The lowest BCUT2D eigenvalue weighted by molar-refractivity contribution is 0.242. The van der Waals surface area contributed by atoms with Gasteiger partial charge in [-0.2, -0.15) is 4.98 Å². The summed E-state index contributed by atoms with van der Waals surface area (Å²) < 4.78 is 16.0. The highest BCUT2D eigenvalue weighted by Gasteiger charge is 2.09. The molecule has 0 N–H and O–H groups in total. The number of hydrogen-bond acceptors (Lipinski definition) is 6. The van der Waals surface area contributed by atoms with E-state index in [0.717, 1.165) is 30.2 Å². The van der Waals surface area contributed by atoms with E-state index in [4.69, 9.17) is 13.7 Å². The predicted molar refractivity (Wildman–Crippen MR) is 84.5 cm³/mol. The van der Waals surface area contributed by atoms with Crippen molar-refractivity contribution in [3.05, 3.63) is 52.0 Å². The Kier molecular flexibility index (Phi) is 4.41. The standard InChI is InChI=1S/C17H18N2O4/c1-3-5-15-18-16(23-19-15)10-21-12-6-7-13-11(4-2)8-17(20)22-14(13)9-12/h6-9H,3-5,10H2,1-2H3. The fraction of sp³-hybridized carbons (Fsp3) is 0.353. The molecule has 6 nitrogen and oxygen atoms in total. The molecule has 1 aromatic carbocycles. The maximum absolute atomic E-state index is 11.6. The molecule has 0 bridgehead atoms. The lowest BCUT2D eigenvalue weighted by atomic mass is 10.1. The van der Waals surface area contributed by atoms with Gasteiger partial charge in [-0.3, -0.25) is 0 Å². The van der Waals surface area contributed by atoms with Crippen molar-refractivity contribution in [2.75, 3.05) is 0 Å². The number of benzene rings is 1. The molecular formula is C17H18N2O4. The fourth-order valence-corrected chi connectivity index (χ4v) is 2.41. The first-order valence-electron chi connectivity index (χ1n) is 7.70. The van der Waals surface area contributed by atoms with Crippen molar-refractivity contribution in [3.63, 3.8) is 0 Å². The highest BCUT2D eigenvalue weighted by atomic mass is 16.5. The van der Waals surface area contributed by atoms with Crippen LogP contribution in [0, 0.1) is 0 Å². The van der Waals surface area contributed by atoms with Crippen molar-refractivity contribution in [1.82, 2.24) is 10.1 Å². The van der Waals surface area contributed by atoms with Gasteiger partial charge in [-0.1, -0.05) is 19.0 Å². The van der Waals surface area contributed by atoms with Crippen LogP contribution in [-0.2, 0) is 19.4 Å². The Balaban J connectivity index is 1.79. The normalized spacial score (nSPS) is 11.0. The number of nitrogens with zero attached hydrogens (tertiary/aromatic N) is 2. The van der Waals surface area contributed by atoms with Gasteiger partial charge in [-0.05, 0) is 30.5 Å². The molecule has 0 unspecified atom stereocenters. The van der Waals surface area contributed by atoms with Crippen LogP contribution in [0.15, 0.2) is 38.0 Å². The number of fused-ring (bicyclic) bond motifs is 1. The third-order valence-electron chi connectivity index (χ3n) is 3.53. The Morgan fingerprint density at radius 3 is 2.87 bits per heavy atom. The molecule has 0 aliphatic carbocycles. The number of aryl methyl sites for hydroxylation is 2. The first-order valence-corrected chi connectivity index (χ1v) is 7.70. The molecule has 0 atom stereocenters. The molecule has 2 aromatic heterocycles. The lowest BCUT2D eigenvalue weighted by Gasteiger charge is -2.06. The van der Waals surface area contributed by atoms with Gasteiger partial charge in [0.15, 0.2) is 12.4 Å². The first-order chi connectivity index (χ1) is 11.2. The van der Waals surface area contributed by atoms with E-state index >= 15 is 0 Å². The van der Waals surface area contributed by atoms with E-state index < -0.39 is 0 Å². The Morgan fingerprint density at radius 1 is 1.22 bits per heavy atom. The monoisotopic (exact) mass is 314 g/mol. The quantitative estimate of drug-likeness (QED) is 0.650. The summed E-state index contributed by atoms with van der Waals surface area (Å²) in [5.41, 5.74) is 1.13. The van der Waals surface area contributed by atoms with Crippen molar-refractivity contribution in [1.29, 1.82) is 0 Å². The van der Waals surface area contributed by atoms with Gasteiger partial charge in [0.1, 0.15) is 11.3 Å². The van der Waals surface area contributed by atoms with E-state index in [0.29, 0.717) is 23.0 Å². The Labute approximate surface area is 133 Å². The second-order valence-electron chi connectivity index (χ2n) is 5.25. The van der Waals surface area contributed by atoms with Crippen LogP contribution >= 0.6 is 0 Å². The Hall–Kier alpha value is -2.63. The Morgan fingerprint density at radius 2 is 2.09 bits per heavy atom. The van der Waals surface area contributed by atoms with Gasteiger partial charge in [0, 0.05) is 23.9 Å². The number of ether oxygens (including phenoxy) is 1. The zero-order chi connectivity index (χ0) is 16.2. The third-order valence-corrected chi connectivity index (χ3v) is 3.53. The van der Waals surface area contributed by atoms with E-state index in [1.807, 2.05) is 19.1 Å². The van der Waals surface area contributed by atoms with Crippen LogP contribution in [0.4, 0.5) is 0 Å². The first kappa shape index (κ1) is 15.3. The van der Waals surface area contributed by atoms with E-state index in [9.17, 15) is 4.79 Å². The van der Waals surface area contributed by atoms with Gasteiger partial charge in [-0.25, -0.2) is 4.79 Å². The van der Waals surface area contributed by atoms with Gasteiger partial charge >= 0.3 is 5.63 Å². The van der Waals surface area contributed by atoms with E-state index in [2.05, 4.69) is 17.1 Å². The summed E-state index contributed by atoms with van der Waals surface area (Å²) in [7, 11) is 0. The second kappa shape index (κ2) is 6.64. The van der Waals surface area contributed by atoms with Crippen LogP contribution in [0.25, 0.3) is 11.0 Å². The summed E-state index contributed by atoms with van der Waals surface area (Å²) >= 11 is 0. The summed E-state index contributed by atoms with van der Waals surface area (Å²) in [6.07, 6.45) is 2.51. The molecule has 0 spiro atoms. The minimum absolute atomic E-state index is 0.180. The molecule has 3 aromatic rings. The molecule has 0 fully saturated rings. The smallest absolute Gasteiger partial charge is 0.336 e. The summed E-state index contributed by atoms with van der Waals surface area (Å²) in [6.45, 7) is 4.24. The molecule has 0 amide bonds. The van der Waals surface area contributed by atoms with Gasteiger partial charge in [0.2, 0.25) is 0 Å². The molecular weight excluding hydrogens is 296 g/mol. The van der Waals surface area contributed by atoms with Crippen molar-refractivity contribution < 1.29 is 13.7 Å². The number of rotatable bonds is 6. The topological polar surface area (TPSA) is 78.4 Å². The summed E-state index contributed by atoms with van der Waals surface area (Å²) in [6, 6.07) is 6.96. The van der Waals surface area contributed by atoms with Crippen molar-refractivity contribution >= 4 is 11.0 Å². The fourth-order valence-electron chi connectivity index (χ4n) is 2.41. The highest BCUT2D eigenvalue weighted by Crippen LogP contribution is 2.23. The average molecular weight is 314 g/mol. The minimum Gasteiger partial charge on any atom is -0.484 e. The molecule has 120 valence electrons. The van der Waals surface area contributed by atoms with Crippen LogP contribution in [0.2, 0.25) is 0 Å². The van der Waals surface area contributed by atoms with Gasteiger partial charge < -0.3 is 13.7 Å². The van der Waals surface area contributed by atoms with Crippen LogP contribution in [0.5, 0.6) is 5.75 Å².